The van der Waals surface area contributed by atoms with E-state index < -0.39 is 6.10 Å². The minimum Gasteiger partial charge on any atom is -0.364 e. The SMILES string of the molecule is Cc1ccc(-c2nc(NC(=O)[C@@H]3CC[C@H](CN)O3)sc2C)s1. The second kappa shape index (κ2) is 6.45. The lowest BCUT2D eigenvalue weighted by Crippen LogP contribution is -2.29. The van der Waals surface area contributed by atoms with Crippen LogP contribution in [0.15, 0.2) is 12.1 Å². The van der Waals surface area contributed by atoms with Crippen LogP contribution >= 0.6 is 22.7 Å². The maximum absolute atomic E-state index is 12.2. The zero-order valence-corrected chi connectivity index (χ0v) is 14.2. The number of thiophene rings is 1. The fraction of sp³-hybridized carbons (Fsp3) is 0.467. The summed E-state index contributed by atoms with van der Waals surface area (Å²) in [5.41, 5.74) is 6.52. The van der Waals surface area contributed by atoms with Crippen molar-refractivity contribution in [3.63, 3.8) is 0 Å². The molecule has 2 aromatic heterocycles. The largest absolute Gasteiger partial charge is 0.364 e. The van der Waals surface area contributed by atoms with Crippen LogP contribution in [0.1, 0.15) is 22.6 Å². The number of carbonyl (C=O) groups excluding carboxylic acids is 1. The summed E-state index contributed by atoms with van der Waals surface area (Å²) in [4.78, 5) is 20.3. The summed E-state index contributed by atoms with van der Waals surface area (Å²) in [5.74, 6) is -0.126. The van der Waals surface area contributed by atoms with Gasteiger partial charge in [-0.15, -0.1) is 22.7 Å². The van der Waals surface area contributed by atoms with Crippen molar-refractivity contribution in [1.29, 1.82) is 0 Å². The van der Waals surface area contributed by atoms with Crippen LogP contribution < -0.4 is 11.1 Å². The van der Waals surface area contributed by atoms with E-state index in [9.17, 15) is 4.79 Å². The van der Waals surface area contributed by atoms with Crippen LogP contribution in [0.2, 0.25) is 0 Å². The van der Waals surface area contributed by atoms with Crippen molar-refractivity contribution in [2.75, 3.05) is 11.9 Å². The van der Waals surface area contributed by atoms with E-state index in [1.165, 1.54) is 16.2 Å². The Hall–Kier alpha value is -1.28. The highest BCUT2D eigenvalue weighted by molar-refractivity contribution is 7.18. The van der Waals surface area contributed by atoms with E-state index >= 15 is 0 Å². The quantitative estimate of drug-likeness (QED) is 0.899. The summed E-state index contributed by atoms with van der Waals surface area (Å²) in [5, 5.41) is 3.50. The fourth-order valence-electron chi connectivity index (χ4n) is 2.50. The molecule has 1 amide bonds. The van der Waals surface area contributed by atoms with E-state index in [4.69, 9.17) is 10.5 Å². The van der Waals surface area contributed by atoms with Crippen LogP contribution in [0.3, 0.4) is 0 Å². The summed E-state index contributed by atoms with van der Waals surface area (Å²) >= 11 is 3.20. The summed E-state index contributed by atoms with van der Waals surface area (Å²) in [7, 11) is 0. The number of nitrogens with two attached hydrogens (primary N) is 1. The smallest absolute Gasteiger partial charge is 0.255 e. The highest BCUT2D eigenvalue weighted by Gasteiger charge is 2.30. The van der Waals surface area contributed by atoms with Crippen molar-refractivity contribution in [1.82, 2.24) is 4.98 Å². The first-order valence-corrected chi connectivity index (χ1v) is 8.90. The Balaban J connectivity index is 1.70. The Bertz CT molecular complexity index is 680. The van der Waals surface area contributed by atoms with E-state index in [1.807, 2.05) is 6.92 Å². The average molecular weight is 337 g/mol. The van der Waals surface area contributed by atoms with Gasteiger partial charge in [0.05, 0.1) is 16.7 Å². The molecule has 1 fully saturated rings. The maximum Gasteiger partial charge on any atom is 0.255 e. The first-order valence-electron chi connectivity index (χ1n) is 7.27. The van der Waals surface area contributed by atoms with E-state index in [1.54, 1.807) is 11.3 Å². The van der Waals surface area contributed by atoms with Crippen LogP contribution in [-0.4, -0.2) is 29.6 Å². The molecule has 2 aromatic rings. The molecule has 0 bridgehead atoms. The number of hydrogen-bond donors (Lipinski definition) is 2. The number of amides is 1. The Morgan fingerprint density at radius 1 is 1.41 bits per heavy atom. The molecular formula is C15H19N3O2S2. The number of aryl methyl sites for hydroxylation is 2. The van der Waals surface area contributed by atoms with Crippen LogP contribution in [0.25, 0.3) is 10.6 Å². The Labute approximate surface area is 137 Å². The molecule has 0 radical (unpaired) electrons. The van der Waals surface area contributed by atoms with Crippen LogP contribution in [0.5, 0.6) is 0 Å². The lowest BCUT2D eigenvalue weighted by molar-refractivity contribution is -0.126. The zero-order valence-electron chi connectivity index (χ0n) is 12.6. The molecule has 1 saturated heterocycles. The van der Waals surface area contributed by atoms with Gasteiger partial charge in [0, 0.05) is 16.3 Å². The predicted octanol–water partition coefficient (Wildman–Crippen LogP) is 2.93. The van der Waals surface area contributed by atoms with Gasteiger partial charge in [-0.2, -0.15) is 0 Å². The van der Waals surface area contributed by atoms with Gasteiger partial charge in [0.2, 0.25) is 0 Å². The molecule has 0 saturated carbocycles. The maximum atomic E-state index is 12.2. The van der Waals surface area contributed by atoms with E-state index in [0.717, 1.165) is 28.3 Å². The number of thiazole rings is 1. The second-order valence-corrected chi connectivity index (χ2v) is 7.87. The van der Waals surface area contributed by atoms with Gasteiger partial charge in [-0.05, 0) is 38.8 Å². The molecule has 3 rings (SSSR count). The number of rotatable bonds is 4. The average Bonchev–Trinajstić information content (AvgIpc) is 3.18. The third-order valence-corrected chi connectivity index (χ3v) is 5.56. The van der Waals surface area contributed by atoms with E-state index in [2.05, 4.69) is 29.4 Å². The van der Waals surface area contributed by atoms with Gasteiger partial charge in [0.15, 0.2) is 5.13 Å². The number of nitrogens with zero attached hydrogens (tertiary/aromatic N) is 1. The van der Waals surface area contributed by atoms with Crippen molar-refractivity contribution >= 4 is 33.7 Å². The summed E-state index contributed by atoms with van der Waals surface area (Å²) < 4.78 is 5.61. The number of aromatic nitrogens is 1. The fourth-order valence-corrected chi connectivity index (χ4v) is 4.31. The first kappa shape index (κ1) is 15.6. The van der Waals surface area contributed by atoms with Crippen molar-refractivity contribution in [3.8, 4) is 10.6 Å². The molecule has 22 heavy (non-hydrogen) atoms. The molecule has 0 unspecified atom stereocenters. The Kier molecular flexibility index (Phi) is 4.58. The first-order chi connectivity index (χ1) is 10.6. The van der Waals surface area contributed by atoms with E-state index in [-0.39, 0.29) is 12.0 Å². The topological polar surface area (TPSA) is 77.2 Å². The van der Waals surface area contributed by atoms with Gasteiger partial charge in [-0.1, -0.05) is 0 Å². The molecule has 0 aliphatic carbocycles. The third kappa shape index (κ3) is 3.22. The molecular weight excluding hydrogens is 318 g/mol. The summed E-state index contributed by atoms with van der Waals surface area (Å²) in [6.45, 7) is 4.56. The summed E-state index contributed by atoms with van der Waals surface area (Å²) in [6, 6.07) is 4.15. The molecule has 1 aliphatic rings. The van der Waals surface area contributed by atoms with Crippen LogP contribution in [-0.2, 0) is 9.53 Å². The monoisotopic (exact) mass is 337 g/mol. The molecule has 2 atom stereocenters. The number of hydrogen-bond acceptors (Lipinski definition) is 6. The number of anilines is 1. The van der Waals surface area contributed by atoms with Gasteiger partial charge < -0.3 is 10.5 Å². The van der Waals surface area contributed by atoms with Gasteiger partial charge in [0.1, 0.15) is 6.10 Å². The summed E-state index contributed by atoms with van der Waals surface area (Å²) in [6.07, 6.45) is 1.14. The number of ether oxygens (including phenoxy) is 1. The third-order valence-electron chi connectivity index (χ3n) is 3.66. The number of nitrogens with one attached hydrogen (secondary N) is 1. The number of carbonyl (C=O) groups is 1. The van der Waals surface area contributed by atoms with Crippen molar-refractivity contribution in [3.05, 3.63) is 21.9 Å². The van der Waals surface area contributed by atoms with Crippen LogP contribution in [0, 0.1) is 13.8 Å². The Morgan fingerprint density at radius 3 is 2.86 bits per heavy atom. The normalized spacial score (nSPS) is 21.2. The van der Waals surface area contributed by atoms with Gasteiger partial charge in [-0.25, -0.2) is 4.98 Å². The second-order valence-electron chi connectivity index (χ2n) is 5.38. The van der Waals surface area contributed by atoms with Gasteiger partial charge >= 0.3 is 0 Å². The van der Waals surface area contributed by atoms with Gasteiger partial charge in [-0.3, -0.25) is 10.1 Å². The van der Waals surface area contributed by atoms with Crippen molar-refractivity contribution in [2.24, 2.45) is 5.73 Å². The zero-order chi connectivity index (χ0) is 15.7. The molecule has 7 heteroatoms. The Morgan fingerprint density at radius 2 is 2.23 bits per heavy atom. The molecule has 5 nitrogen and oxygen atoms in total. The van der Waals surface area contributed by atoms with Crippen LogP contribution in [0.4, 0.5) is 5.13 Å². The lowest BCUT2D eigenvalue weighted by Gasteiger charge is -2.11. The molecule has 1 aliphatic heterocycles. The van der Waals surface area contributed by atoms with E-state index in [0.29, 0.717) is 11.7 Å². The molecule has 3 heterocycles. The van der Waals surface area contributed by atoms with Crippen molar-refractivity contribution < 1.29 is 9.53 Å². The standard InChI is InChI=1S/C15H19N3O2S2/c1-8-3-6-12(21-8)13-9(2)22-15(17-13)18-14(19)11-5-4-10(7-16)20-11/h3,6,10-11H,4-5,7,16H2,1-2H3,(H,17,18,19)/t10-,11+/m1/s1. The predicted molar refractivity (Wildman–Crippen MR) is 90.5 cm³/mol. The molecule has 118 valence electrons. The highest BCUT2D eigenvalue weighted by Crippen LogP contribution is 2.34. The lowest BCUT2D eigenvalue weighted by atomic mass is 10.2. The molecule has 0 aromatic carbocycles. The van der Waals surface area contributed by atoms with Crippen molar-refractivity contribution in [2.45, 2.75) is 38.9 Å². The highest BCUT2D eigenvalue weighted by atomic mass is 32.1. The minimum atomic E-state index is -0.412. The van der Waals surface area contributed by atoms with Gasteiger partial charge in [0.25, 0.3) is 5.91 Å². The minimum absolute atomic E-state index is 0.00145. The molecule has 3 N–H and O–H groups in total. The molecule has 0 spiro atoms.